The van der Waals surface area contributed by atoms with Crippen LogP contribution in [0, 0.1) is 13.8 Å². The lowest BCUT2D eigenvalue weighted by molar-refractivity contribution is 0.766. The predicted molar refractivity (Wildman–Crippen MR) is 310 cm³/mol. The van der Waals surface area contributed by atoms with Crippen molar-refractivity contribution in [3.05, 3.63) is 126 Å². The van der Waals surface area contributed by atoms with Crippen LogP contribution in [0.4, 0.5) is 0 Å². The Bertz CT molecular complexity index is 3420. The van der Waals surface area contributed by atoms with Crippen molar-refractivity contribution >= 4 is 179 Å². The molecule has 0 amide bonds. The molecule has 8 aromatic rings. The highest BCUT2D eigenvalue weighted by molar-refractivity contribution is 6.70. The molecular weight excluding hydrogens is 847 g/mol. The lowest BCUT2D eigenvalue weighted by atomic mass is 9.60. The number of aromatic nitrogens is 5. The van der Waals surface area contributed by atoms with Crippen LogP contribution in [-0.4, -0.2) is 127 Å². The molecule has 1 atom stereocenters. The van der Waals surface area contributed by atoms with Crippen LogP contribution < -0.4 is 71.0 Å². The van der Waals surface area contributed by atoms with E-state index in [0.717, 1.165) is 27.8 Å². The van der Waals surface area contributed by atoms with E-state index >= 15 is 0 Å². The van der Waals surface area contributed by atoms with Gasteiger partial charge in [0.05, 0.1) is 11.4 Å². The van der Waals surface area contributed by atoms with E-state index < -0.39 is 0 Å². The zero-order chi connectivity index (χ0) is 51.2. The van der Waals surface area contributed by atoms with E-state index in [0.29, 0.717) is 40.3 Å². The number of nitrogens with zero attached hydrogens (tertiary/aromatic N) is 5. The minimum Gasteiger partial charge on any atom is -0.228 e. The summed E-state index contributed by atoms with van der Waals surface area (Å²) in [4.78, 5) is 25.5. The van der Waals surface area contributed by atoms with Crippen molar-refractivity contribution < 1.29 is 0 Å². The van der Waals surface area contributed by atoms with Crippen molar-refractivity contribution in [3.63, 3.8) is 0 Å². The van der Waals surface area contributed by atoms with Gasteiger partial charge in [-0.2, -0.15) is 0 Å². The Hall–Kier alpha value is -6.27. The Balaban J connectivity index is 0.00000334. The SMILES string of the molecule is CC.[B]c1c([B])c([B])c(-c2nc(-c3c([B])c([B])c([B])c(C)c3-c3nc(-c4c([B])c([B])c([B])c([B])c4[B])nc(-c4ccc(-c5ccccc5)cc4)c3C)nc(C3C=CC(c4ccccc4)=CC3)n2)c([B])c1[B]. The van der Waals surface area contributed by atoms with Gasteiger partial charge in [-0.15, -0.1) is 43.7 Å². The molecule has 0 bridgehead atoms. The Kier molecular flexibility index (Phi) is 15.0. The highest BCUT2D eigenvalue weighted by atomic mass is 15.0. The van der Waals surface area contributed by atoms with Crippen molar-refractivity contribution in [3.8, 4) is 67.8 Å². The first kappa shape index (κ1) is 51.1. The molecule has 9 rings (SSSR count). The van der Waals surface area contributed by atoms with Gasteiger partial charge in [-0.05, 0) is 48.1 Å². The molecule has 1 aliphatic carbocycles. The molecule has 18 heteroatoms. The molecule has 308 valence electrons. The number of benzene rings is 6. The number of allylic oxidation sites excluding steroid dienone is 4. The maximum atomic E-state index is 7.11. The van der Waals surface area contributed by atoms with Crippen LogP contribution in [-0.2, 0) is 0 Å². The summed E-state index contributed by atoms with van der Waals surface area (Å²) in [6.07, 6.45) is 6.67. The van der Waals surface area contributed by atoms with Crippen molar-refractivity contribution in [1.29, 1.82) is 0 Å². The van der Waals surface area contributed by atoms with Gasteiger partial charge in [0.1, 0.15) is 108 Å². The van der Waals surface area contributed by atoms with Crippen LogP contribution in [0.2, 0.25) is 0 Å². The quantitative estimate of drug-likeness (QED) is 0.162. The van der Waals surface area contributed by atoms with E-state index in [1.54, 1.807) is 6.92 Å². The monoisotopic (exact) mass is 881 g/mol. The molecule has 0 saturated carbocycles. The molecule has 0 fully saturated rings. The third-order valence-electron chi connectivity index (χ3n) is 12.8. The first-order chi connectivity index (χ1) is 34.0. The van der Waals surface area contributed by atoms with E-state index in [4.69, 9.17) is 127 Å². The van der Waals surface area contributed by atoms with Crippen LogP contribution in [0.3, 0.4) is 0 Å². The number of hydrogen-bond acceptors (Lipinski definition) is 5. The minimum absolute atomic E-state index is 0.0111. The Morgan fingerprint density at radius 1 is 0.366 bits per heavy atom. The van der Waals surface area contributed by atoms with E-state index in [-0.39, 0.29) is 111 Å². The summed E-state index contributed by atoms with van der Waals surface area (Å²) in [6.45, 7) is 7.67. The lowest BCUT2D eigenvalue weighted by Gasteiger charge is -2.26. The number of rotatable bonds is 8. The summed E-state index contributed by atoms with van der Waals surface area (Å²) in [7, 11) is 85.7. The van der Waals surface area contributed by atoms with E-state index in [1.165, 1.54) is 0 Å². The summed E-state index contributed by atoms with van der Waals surface area (Å²) >= 11 is 0. The zero-order valence-corrected chi connectivity index (χ0v) is 39.8. The molecule has 2 heterocycles. The Labute approximate surface area is 434 Å². The average molecular weight is 879 g/mol. The van der Waals surface area contributed by atoms with Gasteiger partial charge in [0.25, 0.3) is 0 Å². The van der Waals surface area contributed by atoms with Crippen LogP contribution in [0.15, 0.2) is 103 Å². The van der Waals surface area contributed by atoms with Crippen LogP contribution in [0.5, 0.6) is 0 Å². The summed E-state index contributed by atoms with van der Waals surface area (Å²) < 4.78 is 0. The smallest absolute Gasteiger partial charge is 0.163 e. The van der Waals surface area contributed by atoms with E-state index in [1.807, 2.05) is 118 Å². The van der Waals surface area contributed by atoms with Crippen molar-refractivity contribution in [1.82, 2.24) is 24.9 Å². The standard InChI is InChI=1S/C51H26B13N5.C2H6/c1-21-29(47-22(2)46(27-17-13-25(14-18-27)23-9-5-3-6-10-23)65-50(66-47)31-35(54)40(59)44(63)41(60)36(31)55)30(34(53)39(58)33(21)52)49-67-48(28-19-15-26(16-20-28)24-11-7-4-8-12-24)68-51(69-49)32-37(56)42(61)45(64)43(62)38(32)57;1-2/h3-19,28H,20H2,1-2H3;1-2H3. The molecular formula is C53H32B13N5. The van der Waals surface area contributed by atoms with Gasteiger partial charge in [0.15, 0.2) is 17.5 Å². The average Bonchev–Trinajstić information content (AvgIpc) is 3.40. The van der Waals surface area contributed by atoms with Crippen molar-refractivity contribution in [2.75, 3.05) is 0 Å². The molecule has 71 heavy (non-hydrogen) atoms. The second-order valence-corrected chi connectivity index (χ2v) is 16.9. The fraction of sp³-hybridized carbons (Fsp3) is 0.113. The highest BCUT2D eigenvalue weighted by Crippen LogP contribution is 2.38. The molecule has 6 aromatic carbocycles. The van der Waals surface area contributed by atoms with Crippen LogP contribution >= 0.6 is 0 Å². The van der Waals surface area contributed by atoms with Gasteiger partial charge in [0.2, 0.25) is 0 Å². The molecule has 0 saturated heterocycles. The van der Waals surface area contributed by atoms with Gasteiger partial charge < -0.3 is 0 Å². The molecule has 0 aliphatic heterocycles. The second-order valence-electron chi connectivity index (χ2n) is 16.9. The lowest BCUT2D eigenvalue weighted by Crippen LogP contribution is -2.55. The number of hydrogen-bond donors (Lipinski definition) is 0. The second kappa shape index (κ2) is 20.8. The maximum Gasteiger partial charge on any atom is 0.163 e. The molecule has 0 N–H and O–H groups in total. The fourth-order valence-electron chi connectivity index (χ4n) is 8.69. The fourth-order valence-corrected chi connectivity index (χ4v) is 8.69. The molecule has 2 aromatic heterocycles. The van der Waals surface area contributed by atoms with Gasteiger partial charge in [-0.25, -0.2) is 24.9 Å². The Morgan fingerprint density at radius 2 is 0.761 bits per heavy atom. The molecule has 0 spiro atoms. The highest BCUT2D eigenvalue weighted by Gasteiger charge is 2.28. The Morgan fingerprint density at radius 3 is 1.25 bits per heavy atom. The topological polar surface area (TPSA) is 64.5 Å². The van der Waals surface area contributed by atoms with E-state index in [2.05, 4.69) is 6.08 Å². The van der Waals surface area contributed by atoms with Gasteiger partial charge in [0, 0.05) is 39.3 Å². The summed E-state index contributed by atoms with van der Waals surface area (Å²) in [5.74, 6) is 0.161. The van der Waals surface area contributed by atoms with Crippen LogP contribution in [0.25, 0.3) is 73.4 Å². The first-order valence-corrected chi connectivity index (χ1v) is 22.7. The largest absolute Gasteiger partial charge is 0.228 e. The minimum atomic E-state index is -0.369. The van der Waals surface area contributed by atoms with Gasteiger partial charge in [-0.3, -0.25) is 0 Å². The third-order valence-corrected chi connectivity index (χ3v) is 12.8. The molecule has 5 nitrogen and oxygen atoms in total. The normalized spacial score (nSPS) is 13.1. The summed E-state index contributed by atoms with van der Waals surface area (Å²) in [5, 5.41) is 0. The predicted octanol–water partition coefficient (Wildman–Crippen LogP) is -2.25. The first-order valence-electron chi connectivity index (χ1n) is 22.7. The van der Waals surface area contributed by atoms with Gasteiger partial charge >= 0.3 is 0 Å². The third kappa shape index (κ3) is 9.29. The van der Waals surface area contributed by atoms with Crippen molar-refractivity contribution in [2.24, 2.45) is 0 Å². The molecule has 1 unspecified atom stereocenters. The van der Waals surface area contributed by atoms with Gasteiger partial charge in [-0.1, -0.05) is 144 Å². The summed E-state index contributed by atoms with van der Waals surface area (Å²) in [6, 6.07) is 27.9. The molecule has 26 radical (unpaired) electrons. The van der Waals surface area contributed by atoms with E-state index in [9.17, 15) is 0 Å². The zero-order valence-electron chi connectivity index (χ0n) is 39.8. The van der Waals surface area contributed by atoms with Crippen LogP contribution in [0.1, 0.15) is 48.7 Å². The van der Waals surface area contributed by atoms with Crippen molar-refractivity contribution in [2.45, 2.75) is 40.0 Å². The summed E-state index contributed by atoms with van der Waals surface area (Å²) in [5.41, 5.74) is 8.28. The molecule has 1 aliphatic rings. The maximum absolute atomic E-state index is 7.11.